The van der Waals surface area contributed by atoms with E-state index in [-0.39, 0.29) is 0 Å². The third-order valence-corrected chi connectivity index (χ3v) is 3.42. The van der Waals surface area contributed by atoms with Gasteiger partial charge in [0, 0.05) is 31.7 Å². The summed E-state index contributed by atoms with van der Waals surface area (Å²) in [5.41, 5.74) is 0. The zero-order valence-corrected chi connectivity index (χ0v) is 12.4. The van der Waals surface area contributed by atoms with Gasteiger partial charge in [-0.3, -0.25) is 4.90 Å². The van der Waals surface area contributed by atoms with Gasteiger partial charge in [0.25, 0.3) is 0 Å². The second-order valence-corrected chi connectivity index (χ2v) is 6.09. The van der Waals surface area contributed by atoms with Crippen molar-refractivity contribution >= 4 is 0 Å². The van der Waals surface area contributed by atoms with Crippen LogP contribution in [0.5, 0.6) is 0 Å². The van der Waals surface area contributed by atoms with E-state index in [2.05, 4.69) is 51.8 Å². The molecule has 0 amide bonds. The zero-order valence-electron chi connectivity index (χ0n) is 12.4. The van der Waals surface area contributed by atoms with Crippen LogP contribution in [0.25, 0.3) is 0 Å². The highest BCUT2D eigenvalue weighted by Crippen LogP contribution is 2.18. The van der Waals surface area contributed by atoms with E-state index < -0.39 is 0 Å². The summed E-state index contributed by atoms with van der Waals surface area (Å²) in [6, 6.07) is 1.18. The Balaban J connectivity index is 2.56. The maximum absolute atomic E-state index is 5.81. The standard InChI is InChI=1S/C14H30N2O/c1-10(2)14(7-15-11(3)4)16-8-12(5)17-13(6)9-16/h10-15H,7-9H2,1-6H3. The van der Waals surface area contributed by atoms with Crippen molar-refractivity contribution in [1.29, 1.82) is 0 Å². The number of morpholine rings is 1. The molecule has 0 spiro atoms. The first-order chi connectivity index (χ1) is 7.90. The largest absolute Gasteiger partial charge is 0.373 e. The molecule has 0 bridgehead atoms. The molecule has 0 aromatic carbocycles. The van der Waals surface area contributed by atoms with Crippen LogP contribution in [0.15, 0.2) is 0 Å². The third-order valence-electron chi connectivity index (χ3n) is 3.42. The number of nitrogens with one attached hydrogen (secondary N) is 1. The van der Waals surface area contributed by atoms with Crippen LogP contribution < -0.4 is 5.32 Å². The molecule has 1 saturated heterocycles. The van der Waals surface area contributed by atoms with Crippen LogP contribution in [0.2, 0.25) is 0 Å². The minimum absolute atomic E-state index is 0.360. The first kappa shape index (κ1) is 14.9. The molecular formula is C14H30N2O. The summed E-state index contributed by atoms with van der Waals surface area (Å²) in [6.45, 7) is 16.6. The number of rotatable bonds is 5. The van der Waals surface area contributed by atoms with Crippen LogP contribution >= 0.6 is 0 Å². The minimum Gasteiger partial charge on any atom is -0.373 e. The average molecular weight is 242 g/mol. The van der Waals surface area contributed by atoms with Gasteiger partial charge < -0.3 is 10.1 Å². The SMILES string of the molecule is CC(C)NCC(C(C)C)N1CC(C)OC(C)C1. The molecule has 3 unspecified atom stereocenters. The van der Waals surface area contributed by atoms with Crippen molar-refractivity contribution in [1.82, 2.24) is 10.2 Å². The Morgan fingerprint density at radius 1 is 1.12 bits per heavy atom. The molecule has 1 heterocycles. The molecule has 3 atom stereocenters. The van der Waals surface area contributed by atoms with E-state index in [0.717, 1.165) is 19.6 Å². The molecule has 0 aliphatic carbocycles. The van der Waals surface area contributed by atoms with Gasteiger partial charge >= 0.3 is 0 Å². The van der Waals surface area contributed by atoms with Crippen molar-refractivity contribution < 1.29 is 4.74 Å². The fourth-order valence-electron chi connectivity index (χ4n) is 2.63. The molecule has 0 aromatic rings. The van der Waals surface area contributed by atoms with Gasteiger partial charge in [-0.2, -0.15) is 0 Å². The molecule has 1 fully saturated rings. The lowest BCUT2D eigenvalue weighted by atomic mass is 10.00. The number of nitrogens with zero attached hydrogens (tertiary/aromatic N) is 1. The van der Waals surface area contributed by atoms with Gasteiger partial charge in [-0.25, -0.2) is 0 Å². The molecule has 0 radical (unpaired) electrons. The van der Waals surface area contributed by atoms with Crippen molar-refractivity contribution in [3.8, 4) is 0 Å². The van der Waals surface area contributed by atoms with Crippen LogP contribution in [0.4, 0.5) is 0 Å². The lowest BCUT2D eigenvalue weighted by Gasteiger charge is -2.42. The van der Waals surface area contributed by atoms with Crippen molar-refractivity contribution in [2.45, 2.75) is 65.8 Å². The summed E-state index contributed by atoms with van der Waals surface area (Å²) >= 11 is 0. The molecule has 1 rings (SSSR count). The van der Waals surface area contributed by atoms with Gasteiger partial charge in [-0.05, 0) is 19.8 Å². The lowest BCUT2D eigenvalue weighted by Crippen LogP contribution is -2.55. The molecule has 3 nitrogen and oxygen atoms in total. The van der Waals surface area contributed by atoms with E-state index >= 15 is 0 Å². The predicted octanol–water partition coefficient (Wildman–Crippen LogP) is 2.12. The summed E-state index contributed by atoms with van der Waals surface area (Å²) in [5, 5.41) is 3.57. The van der Waals surface area contributed by atoms with E-state index in [9.17, 15) is 0 Å². The Hall–Kier alpha value is -0.120. The van der Waals surface area contributed by atoms with Crippen LogP contribution in [-0.2, 0) is 4.74 Å². The van der Waals surface area contributed by atoms with E-state index in [4.69, 9.17) is 4.74 Å². The monoisotopic (exact) mass is 242 g/mol. The summed E-state index contributed by atoms with van der Waals surface area (Å²) in [5.74, 6) is 0.679. The first-order valence-electron chi connectivity index (χ1n) is 7.03. The summed E-state index contributed by atoms with van der Waals surface area (Å²) < 4.78 is 5.81. The van der Waals surface area contributed by atoms with E-state index in [0.29, 0.717) is 30.2 Å². The average Bonchev–Trinajstić information content (AvgIpc) is 2.14. The zero-order chi connectivity index (χ0) is 13.0. The summed E-state index contributed by atoms with van der Waals surface area (Å²) in [7, 11) is 0. The lowest BCUT2D eigenvalue weighted by molar-refractivity contribution is -0.0852. The molecule has 1 N–H and O–H groups in total. The van der Waals surface area contributed by atoms with Crippen LogP contribution in [0.3, 0.4) is 0 Å². The van der Waals surface area contributed by atoms with Crippen molar-refractivity contribution in [3.05, 3.63) is 0 Å². The summed E-state index contributed by atoms with van der Waals surface area (Å²) in [6.07, 6.45) is 0.720. The van der Waals surface area contributed by atoms with Gasteiger partial charge in [-0.1, -0.05) is 27.7 Å². The van der Waals surface area contributed by atoms with Crippen molar-refractivity contribution in [2.24, 2.45) is 5.92 Å². The fourth-order valence-corrected chi connectivity index (χ4v) is 2.63. The second kappa shape index (κ2) is 6.72. The topological polar surface area (TPSA) is 24.5 Å². The predicted molar refractivity (Wildman–Crippen MR) is 73.3 cm³/mol. The van der Waals surface area contributed by atoms with Gasteiger partial charge in [0.05, 0.1) is 12.2 Å². The van der Waals surface area contributed by atoms with Gasteiger partial charge in [0.15, 0.2) is 0 Å². The maximum Gasteiger partial charge on any atom is 0.0678 e. The molecule has 17 heavy (non-hydrogen) atoms. The minimum atomic E-state index is 0.360. The highest BCUT2D eigenvalue weighted by atomic mass is 16.5. The number of hydrogen-bond acceptors (Lipinski definition) is 3. The van der Waals surface area contributed by atoms with Crippen LogP contribution in [0.1, 0.15) is 41.5 Å². The highest BCUT2D eigenvalue weighted by molar-refractivity contribution is 4.83. The molecule has 0 saturated carbocycles. The van der Waals surface area contributed by atoms with Crippen LogP contribution in [-0.4, -0.2) is 48.8 Å². The molecule has 1 aliphatic rings. The fraction of sp³-hybridized carbons (Fsp3) is 1.00. The van der Waals surface area contributed by atoms with Crippen molar-refractivity contribution in [3.63, 3.8) is 0 Å². The molecule has 3 heteroatoms. The van der Waals surface area contributed by atoms with Crippen LogP contribution in [0, 0.1) is 5.92 Å². The highest BCUT2D eigenvalue weighted by Gasteiger charge is 2.29. The Labute approximate surface area is 107 Å². The smallest absolute Gasteiger partial charge is 0.0678 e. The Morgan fingerprint density at radius 3 is 2.06 bits per heavy atom. The van der Waals surface area contributed by atoms with Gasteiger partial charge in [0.2, 0.25) is 0 Å². The van der Waals surface area contributed by atoms with E-state index in [1.807, 2.05) is 0 Å². The Morgan fingerprint density at radius 2 is 1.65 bits per heavy atom. The quantitative estimate of drug-likeness (QED) is 0.799. The molecular weight excluding hydrogens is 212 g/mol. The van der Waals surface area contributed by atoms with E-state index in [1.54, 1.807) is 0 Å². The maximum atomic E-state index is 5.81. The number of ether oxygens (including phenoxy) is 1. The third kappa shape index (κ3) is 4.94. The molecule has 1 aliphatic heterocycles. The number of hydrogen-bond donors (Lipinski definition) is 1. The van der Waals surface area contributed by atoms with E-state index in [1.165, 1.54) is 0 Å². The van der Waals surface area contributed by atoms with Crippen molar-refractivity contribution in [2.75, 3.05) is 19.6 Å². The van der Waals surface area contributed by atoms with Gasteiger partial charge in [-0.15, -0.1) is 0 Å². The molecule has 102 valence electrons. The van der Waals surface area contributed by atoms with Gasteiger partial charge in [0.1, 0.15) is 0 Å². The normalized spacial score (nSPS) is 28.9. The molecule has 0 aromatic heterocycles. The Bertz CT molecular complexity index is 208. The Kier molecular flexibility index (Phi) is 5.90. The second-order valence-electron chi connectivity index (χ2n) is 6.09. The summed E-state index contributed by atoms with van der Waals surface area (Å²) in [4.78, 5) is 2.60. The first-order valence-corrected chi connectivity index (χ1v) is 7.03.